The Balaban J connectivity index is 2.22. The second-order valence-electron chi connectivity index (χ2n) is 5.39. The Labute approximate surface area is 115 Å². The van der Waals surface area contributed by atoms with E-state index in [1.807, 2.05) is 44.4 Å². The second-order valence-corrected chi connectivity index (χ2v) is 5.39. The minimum Gasteiger partial charge on any atom is -0.347 e. The van der Waals surface area contributed by atoms with Crippen LogP contribution in [0.2, 0.25) is 0 Å². The number of amides is 1. The van der Waals surface area contributed by atoms with E-state index in [-0.39, 0.29) is 11.9 Å². The van der Waals surface area contributed by atoms with Crippen molar-refractivity contribution in [3.05, 3.63) is 35.9 Å². The van der Waals surface area contributed by atoms with E-state index in [0.29, 0.717) is 0 Å². The molecule has 1 amide bonds. The Morgan fingerprint density at radius 2 is 1.68 bits per heavy atom. The molecule has 4 heteroatoms. The molecule has 0 unspecified atom stereocenters. The monoisotopic (exact) mass is 261 g/mol. The van der Waals surface area contributed by atoms with E-state index in [1.165, 1.54) is 0 Å². The molecule has 1 saturated heterocycles. The first kappa shape index (κ1) is 14.0. The SMILES string of the molecule is CN1CCN([C@H](C(=O)N(C)C)c2ccccc2)CC1. The highest BCUT2D eigenvalue weighted by atomic mass is 16.2. The molecule has 1 heterocycles. The summed E-state index contributed by atoms with van der Waals surface area (Å²) in [4.78, 5) is 18.8. The van der Waals surface area contributed by atoms with Crippen molar-refractivity contribution >= 4 is 5.91 Å². The number of piperazine rings is 1. The number of likely N-dealkylation sites (N-methyl/N-ethyl adjacent to an activating group) is 2. The number of carbonyl (C=O) groups is 1. The Bertz CT molecular complexity index is 411. The van der Waals surface area contributed by atoms with Gasteiger partial charge < -0.3 is 9.80 Å². The van der Waals surface area contributed by atoms with Crippen molar-refractivity contribution < 1.29 is 4.79 Å². The summed E-state index contributed by atoms with van der Waals surface area (Å²) in [5, 5.41) is 0. The minimum atomic E-state index is -0.148. The highest BCUT2D eigenvalue weighted by molar-refractivity contribution is 5.82. The molecule has 1 atom stereocenters. The van der Waals surface area contributed by atoms with Gasteiger partial charge in [0.25, 0.3) is 0 Å². The third-order valence-electron chi connectivity index (χ3n) is 3.69. The number of nitrogens with zero attached hydrogens (tertiary/aromatic N) is 3. The highest BCUT2D eigenvalue weighted by Gasteiger charge is 2.30. The second kappa shape index (κ2) is 6.17. The van der Waals surface area contributed by atoms with E-state index in [0.717, 1.165) is 31.7 Å². The molecule has 1 fully saturated rings. The Hall–Kier alpha value is -1.39. The van der Waals surface area contributed by atoms with Crippen LogP contribution in [0, 0.1) is 0 Å². The molecule has 0 aromatic heterocycles. The van der Waals surface area contributed by atoms with Gasteiger partial charge in [-0.2, -0.15) is 0 Å². The van der Waals surface area contributed by atoms with E-state index in [1.54, 1.807) is 4.90 Å². The topological polar surface area (TPSA) is 26.8 Å². The molecular weight excluding hydrogens is 238 g/mol. The van der Waals surface area contributed by atoms with Crippen molar-refractivity contribution in [1.82, 2.24) is 14.7 Å². The van der Waals surface area contributed by atoms with Gasteiger partial charge in [0, 0.05) is 40.3 Å². The van der Waals surface area contributed by atoms with Crippen molar-refractivity contribution in [2.24, 2.45) is 0 Å². The fraction of sp³-hybridized carbons (Fsp3) is 0.533. The van der Waals surface area contributed by atoms with Gasteiger partial charge in [0.2, 0.25) is 5.91 Å². The summed E-state index contributed by atoms with van der Waals surface area (Å²) in [6.07, 6.45) is 0. The van der Waals surface area contributed by atoms with Gasteiger partial charge in [0.1, 0.15) is 6.04 Å². The van der Waals surface area contributed by atoms with Gasteiger partial charge in [-0.25, -0.2) is 0 Å². The maximum atomic E-state index is 12.5. The molecule has 1 aromatic rings. The van der Waals surface area contributed by atoms with Crippen LogP contribution in [-0.4, -0.2) is 67.9 Å². The molecule has 1 aliphatic rings. The van der Waals surface area contributed by atoms with Crippen LogP contribution in [0.5, 0.6) is 0 Å². The Kier molecular flexibility index (Phi) is 4.56. The first-order valence-corrected chi connectivity index (χ1v) is 6.78. The molecule has 1 aliphatic heterocycles. The highest BCUT2D eigenvalue weighted by Crippen LogP contribution is 2.23. The van der Waals surface area contributed by atoms with Crippen molar-refractivity contribution in [3.8, 4) is 0 Å². The molecule has 104 valence electrons. The first-order chi connectivity index (χ1) is 9.09. The summed E-state index contributed by atoms with van der Waals surface area (Å²) in [7, 11) is 5.78. The van der Waals surface area contributed by atoms with E-state index >= 15 is 0 Å². The zero-order valence-electron chi connectivity index (χ0n) is 12.0. The smallest absolute Gasteiger partial charge is 0.244 e. The molecule has 4 nitrogen and oxygen atoms in total. The van der Waals surface area contributed by atoms with Crippen LogP contribution in [0.15, 0.2) is 30.3 Å². The normalized spacial score (nSPS) is 19.1. The number of benzene rings is 1. The lowest BCUT2D eigenvalue weighted by molar-refractivity contribution is -0.135. The van der Waals surface area contributed by atoms with Gasteiger partial charge in [-0.1, -0.05) is 30.3 Å². The predicted octanol–water partition coefficient (Wildman–Crippen LogP) is 1.06. The van der Waals surface area contributed by atoms with E-state index in [4.69, 9.17) is 0 Å². The lowest BCUT2D eigenvalue weighted by atomic mass is 10.0. The minimum absolute atomic E-state index is 0.148. The molecule has 2 rings (SSSR count). The van der Waals surface area contributed by atoms with E-state index < -0.39 is 0 Å². The molecule has 0 aliphatic carbocycles. The molecular formula is C15H23N3O. The van der Waals surface area contributed by atoms with Gasteiger partial charge in [-0.15, -0.1) is 0 Å². The summed E-state index contributed by atoms with van der Waals surface area (Å²) in [6.45, 7) is 3.92. The fourth-order valence-electron chi connectivity index (χ4n) is 2.47. The molecule has 0 radical (unpaired) electrons. The fourth-order valence-corrected chi connectivity index (χ4v) is 2.47. The zero-order chi connectivity index (χ0) is 13.8. The van der Waals surface area contributed by atoms with Gasteiger partial charge in [0.05, 0.1) is 0 Å². The lowest BCUT2D eigenvalue weighted by Crippen LogP contribution is -2.49. The van der Waals surface area contributed by atoms with E-state index in [9.17, 15) is 4.79 Å². The molecule has 19 heavy (non-hydrogen) atoms. The van der Waals surface area contributed by atoms with Crippen LogP contribution in [0.4, 0.5) is 0 Å². The van der Waals surface area contributed by atoms with Crippen LogP contribution in [-0.2, 0) is 4.79 Å². The third kappa shape index (κ3) is 3.33. The average Bonchev–Trinajstić information content (AvgIpc) is 2.42. The summed E-state index contributed by atoms with van der Waals surface area (Å²) >= 11 is 0. The quantitative estimate of drug-likeness (QED) is 0.814. The molecule has 0 N–H and O–H groups in total. The molecule has 0 bridgehead atoms. The zero-order valence-corrected chi connectivity index (χ0v) is 12.0. The average molecular weight is 261 g/mol. The third-order valence-corrected chi connectivity index (χ3v) is 3.69. The number of carbonyl (C=O) groups excluding carboxylic acids is 1. The van der Waals surface area contributed by atoms with Gasteiger partial charge in [-0.3, -0.25) is 9.69 Å². The van der Waals surface area contributed by atoms with Crippen LogP contribution in [0.3, 0.4) is 0 Å². The number of hydrogen-bond acceptors (Lipinski definition) is 3. The summed E-state index contributed by atoms with van der Waals surface area (Å²) in [5.41, 5.74) is 1.09. The van der Waals surface area contributed by atoms with Crippen LogP contribution >= 0.6 is 0 Å². The molecule has 0 spiro atoms. The van der Waals surface area contributed by atoms with E-state index in [2.05, 4.69) is 16.8 Å². The summed E-state index contributed by atoms with van der Waals surface area (Å²) in [6, 6.07) is 9.94. The Morgan fingerprint density at radius 1 is 1.11 bits per heavy atom. The Morgan fingerprint density at radius 3 is 2.21 bits per heavy atom. The van der Waals surface area contributed by atoms with Gasteiger partial charge >= 0.3 is 0 Å². The maximum absolute atomic E-state index is 12.5. The van der Waals surface area contributed by atoms with Crippen LogP contribution in [0.1, 0.15) is 11.6 Å². The number of hydrogen-bond donors (Lipinski definition) is 0. The first-order valence-electron chi connectivity index (χ1n) is 6.78. The number of rotatable bonds is 3. The molecule has 0 saturated carbocycles. The molecule has 1 aromatic carbocycles. The maximum Gasteiger partial charge on any atom is 0.244 e. The standard InChI is InChI=1S/C15H23N3O/c1-16(2)15(19)14(13-7-5-4-6-8-13)18-11-9-17(3)10-12-18/h4-8,14H,9-12H2,1-3H3/t14-/m0/s1. The van der Waals surface area contributed by atoms with Crippen molar-refractivity contribution in [2.45, 2.75) is 6.04 Å². The van der Waals surface area contributed by atoms with Crippen LogP contribution in [0.25, 0.3) is 0 Å². The lowest BCUT2D eigenvalue weighted by Gasteiger charge is -2.38. The van der Waals surface area contributed by atoms with Crippen molar-refractivity contribution in [1.29, 1.82) is 0 Å². The van der Waals surface area contributed by atoms with Crippen LogP contribution < -0.4 is 0 Å². The largest absolute Gasteiger partial charge is 0.347 e. The van der Waals surface area contributed by atoms with Gasteiger partial charge in [0.15, 0.2) is 0 Å². The van der Waals surface area contributed by atoms with Crippen molar-refractivity contribution in [3.63, 3.8) is 0 Å². The summed E-state index contributed by atoms with van der Waals surface area (Å²) < 4.78 is 0. The van der Waals surface area contributed by atoms with Crippen molar-refractivity contribution in [2.75, 3.05) is 47.3 Å². The van der Waals surface area contributed by atoms with Gasteiger partial charge in [-0.05, 0) is 12.6 Å². The predicted molar refractivity (Wildman–Crippen MR) is 76.9 cm³/mol. The summed E-state index contributed by atoms with van der Waals surface area (Å²) in [5.74, 6) is 0.163.